The third-order valence-corrected chi connectivity index (χ3v) is 2.92. The van der Waals surface area contributed by atoms with Crippen LogP contribution in [0.5, 0.6) is 5.75 Å². The van der Waals surface area contributed by atoms with Gasteiger partial charge in [0.05, 0.1) is 4.92 Å². The molecule has 1 rings (SSSR count). The summed E-state index contributed by atoms with van der Waals surface area (Å²) < 4.78 is 0. The summed E-state index contributed by atoms with van der Waals surface area (Å²) in [6.45, 7) is 4.74. The minimum atomic E-state index is -0.632. The molecule has 0 aliphatic heterocycles. The van der Waals surface area contributed by atoms with E-state index in [1.807, 2.05) is 0 Å². The van der Waals surface area contributed by atoms with E-state index in [0.29, 0.717) is 12.5 Å². The van der Waals surface area contributed by atoms with Gasteiger partial charge in [-0.1, -0.05) is 26.7 Å². The van der Waals surface area contributed by atoms with Gasteiger partial charge in [0.1, 0.15) is 11.3 Å². The molecule has 6 nitrogen and oxygen atoms in total. The number of hydrogen-bond donors (Lipinski definition) is 2. The SMILES string of the molecule is CC(C)CCCCNC(=O)c1cc(O)ccc1[N+](=O)[O-]. The lowest BCUT2D eigenvalue weighted by atomic mass is 10.1. The van der Waals surface area contributed by atoms with Crippen molar-refractivity contribution in [2.24, 2.45) is 5.92 Å². The molecule has 110 valence electrons. The summed E-state index contributed by atoms with van der Waals surface area (Å²) in [5.41, 5.74) is -0.415. The van der Waals surface area contributed by atoms with Crippen molar-refractivity contribution in [1.82, 2.24) is 5.32 Å². The Morgan fingerprint density at radius 1 is 1.40 bits per heavy atom. The first-order valence-corrected chi connectivity index (χ1v) is 6.67. The van der Waals surface area contributed by atoms with E-state index in [4.69, 9.17) is 0 Å². The Labute approximate surface area is 118 Å². The van der Waals surface area contributed by atoms with E-state index in [1.165, 1.54) is 6.07 Å². The Balaban J connectivity index is 2.59. The molecule has 0 radical (unpaired) electrons. The Kier molecular flexibility index (Phi) is 5.96. The molecule has 2 N–H and O–H groups in total. The molecule has 0 bridgehead atoms. The summed E-state index contributed by atoms with van der Waals surface area (Å²) in [6, 6.07) is 3.43. The summed E-state index contributed by atoms with van der Waals surface area (Å²) >= 11 is 0. The van der Waals surface area contributed by atoms with E-state index in [-0.39, 0.29) is 17.0 Å². The van der Waals surface area contributed by atoms with Crippen LogP contribution in [0.3, 0.4) is 0 Å². The van der Waals surface area contributed by atoms with Gasteiger partial charge in [0.2, 0.25) is 0 Å². The minimum absolute atomic E-state index is 0.112. The lowest BCUT2D eigenvalue weighted by Gasteiger charge is -2.07. The number of carbonyl (C=O) groups excluding carboxylic acids is 1. The molecule has 0 aliphatic carbocycles. The second-order valence-corrected chi connectivity index (χ2v) is 5.10. The van der Waals surface area contributed by atoms with Crippen molar-refractivity contribution < 1.29 is 14.8 Å². The molecule has 0 fully saturated rings. The van der Waals surface area contributed by atoms with Gasteiger partial charge in [-0.2, -0.15) is 0 Å². The molecule has 0 saturated heterocycles. The zero-order valence-corrected chi connectivity index (χ0v) is 11.8. The molecular formula is C14H20N2O4. The van der Waals surface area contributed by atoms with Crippen molar-refractivity contribution in [2.45, 2.75) is 33.1 Å². The van der Waals surface area contributed by atoms with Crippen LogP contribution in [0.4, 0.5) is 5.69 Å². The normalized spacial score (nSPS) is 10.6. The summed E-state index contributed by atoms with van der Waals surface area (Å²) in [5, 5.41) is 22.8. The van der Waals surface area contributed by atoms with Gasteiger partial charge in [0.25, 0.3) is 11.6 Å². The maximum atomic E-state index is 11.9. The first kappa shape index (κ1) is 15.9. The van der Waals surface area contributed by atoms with Crippen molar-refractivity contribution >= 4 is 11.6 Å². The monoisotopic (exact) mass is 280 g/mol. The van der Waals surface area contributed by atoms with Gasteiger partial charge in [0.15, 0.2) is 0 Å². The van der Waals surface area contributed by atoms with Gasteiger partial charge in [0, 0.05) is 12.6 Å². The maximum absolute atomic E-state index is 11.9. The molecule has 0 aromatic heterocycles. The van der Waals surface area contributed by atoms with Crippen molar-refractivity contribution in [2.75, 3.05) is 6.54 Å². The van der Waals surface area contributed by atoms with Crippen LogP contribution in [0.15, 0.2) is 18.2 Å². The van der Waals surface area contributed by atoms with Crippen LogP contribution in [0, 0.1) is 16.0 Å². The number of nitro groups is 1. The fourth-order valence-corrected chi connectivity index (χ4v) is 1.84. The number of unbranched alkanes of at least 4 members (excludes halogenated alkanes) is 1. The number of nitrogens with one attached hydrogen (secondary N) is 1. The average Bonchev–Trinajstić information content (AvgIpc) is 2.37. The number of phenolic OH excluding ortho intramolecular Hbond substituents is 1. The van der Waals surface area contributed by atoms with Crippen LogP contribution in [0.1, 0.15) is 43.5 Å². The predicted octanol–water partition coefficient (Wildman–Crippen LogP) is 2.86. The number of hydrogen-bond acceptors (Lipinski definition) is 4. The van der Waals surface area contributed by atoms with Crippen LogP contribution in [0.2, 0.25) is 0 Å². The molecule has 0 spiro atoms. The molecule has 20 heavy (non-hydrogen) atoms. The molecule has 0 atom stereocenters. The van der Waals surface area contributed by atoms with E-state index in [0.717, 1.165) is 31.4 Å². The topological polar surface area (TPSA) is 92.5 Å². The average molecular weight is 280 g/mol. The van der Waals surface area contributed by atoms with Crippen LogP contribution in [-0.2, 0) is 0 Å². The fourth-order valence-electron chi connectivity index (χ4n) is 1.84. The van der Waals surface area contributed by atoms with E-state index < -0.39 is 10.8 Å². The van der Waals surface area contributed by atoms with Crippen LogP contribution in [-0.4, -0.2) is 22.5 Å². The second kappa shape index (κ2) is 7.47. The zero-order valence-electron chi connectivity index (χ0n) is 11.8. The number of nitrogens with zero attached hydrogens (tertiary/aromatic N) is 1. The van der Waals surface area contributed by atoms with E-state index in [9.17, 15) is 20.0 Å². The highest BCUT2D eigenvalue weighted by molar-refractivity contribution is 5.98. The van der Waals surface area contributed by atoms with Gasteiger partial charge in [-0.05, 0) is 24.5 Å². The molecule has 0 aliphatic rings. The number of benzene rings is 1. The molecular weight excluding hydrogens is 260 g/mol. The fraction of sp³-hybridized carbons (Fsp3) is 0.500. The van der Waals surface area contributed by atoms with Crippen molar-refractivity contribution in [3.05, 3.63) is 33.9 Å². The van der Waals surface area contributed by atoms with Gasteiger partial charge in [-0.3, -0.25) is 14.9 Å². The maximum Gasteiger partial charge on any atom is 0.282 e. The highest BCUT2D eigenvalue weighted by Crippen LogP contribution is 2.23. The summed E-state index contributed by atoms with van der Waals surface area (Å²) in [7, 11) is 0. The molecule has 0 unspecified atom stereocenters. The highest BCUT2D eigenvalue weighted by Gasteiger charge is 2.20. The van der Waals surface area contributed by atoms with Crippen LogP contribution in [0.25, 0.3) is 0 Å². The van der Waals surface area contributed by atoms with E-state index >= 15 is 0 Å². The summed E-state index contributed by atoms with van der Waals surface area (Å²) in [6.07, 6.45) is 2.92. The Morgan fingerprint density at radius 2 is 2.10 bits per heavy atom. The standard InChI is InChI=1S/C14H20N2O4/c1-10(2)5-3-4-8-15-14(18)12-9-11(17)6-7-13(12)16(19)20/h6-7,9-10,17H,3-5,8H2,1-2H3,(H,15,18). The largest absolute Gasteiger partial charge is 0.508 e. The lowest BCUT2D eigenvalue weighted by Crippen LogP contribution is -2.25. The van der Waals surface area contributed by atoms with Crippen molar-refractivity contribution in [3.63, 3.8) is 0 Å². The first-order chi connectivity index (χ1) is 9.41. The van der Waals surface area contributed by atoms with Gasteiger partial charge in [-0.15, -0.1) is 0 Å². The lowest BCUT2D eigenvalue weighted by molar-refractivity contribution is -0.385. The summed E-state index contributed by atoms with van der Waals surface area (Å²) in [4.78, 5) is 22.1. The Morgan fingerprint density at radius 3 is 2.70 bits per heavy atom. The number of amides is 1. The molecule has 1 amide bonds. The Bertz CT molecular complexity index is 486. The third kappa shape index (κ3) is 4.87. The third-order valence-electron chi connectivity index (χ3n) is 2.92. The Hall–Kier alpha value is -2.11. The van der Waals surface area contributed by atoms with E-state index in [2.05, 4.69) is 19.2 Å². The number of nitro benzene ring substituents is 1. The van der Waals surface area contributed by atoms with Crippen LogP contribution < -0.4 is 5.32 Å². The zero-order chi connectivity index (χ0) is 15.1. The highest BCUT2D eigenvalue weighted by atomic mass is 16.6. The van der Waals surface area contributed by atoms with E-state index in [1.54, 1.807) is 0 Å². The number of carbonyl (C=O) groups is 1. The van der Waals surface area contributed by atoms with Crippen molar-refractivity contribution in [1.29, 1.82) is 0 Å². The van der Waals surface area contributed by atoms with Crippen LogP contribution >= 0.6 is 0 Å². The predicted molar refractivity (Wildman–Crippen MR) is 75.8 cm³/mol. The smallest absolute Gasteiger partial charge is 0.282 e. The summed E-state index contributed by atoms with van der Waals surface area (Å²) in [5.74, 6) is -0.0736. The molecule has 1 aromatic rings. The molecule has 6 heteroatoms. The van der Waals surface area contributed by atoms with Gasteiger partial charge in [-0.25, -0.2) is 0 Å². The number of phenols is 1. The second-order valence-electron chi connectivity index (χ2n) is 5.10. The molecule has 1 aromatic carbocycles. The van der Waals surface area contributed by atoms with Gasteiger partial charge < -0.3 is 10.4 Å². The quantitative estimate of drug-likeness (QED) is 0.456. The number of aromatic hydroxyl groups is 1. The van der Waals surface area contributed by atoms with Gasteiger partial charge >= 0.3 is 0 Å². The molecule has 0 heterocycles. The van der Waals surface area contributed by atoms with Crippen molar-refractivity contribution in [3.8, 4) is 5.75 Å². The minimum Gasteiger partial charge on any atom is -0.508 e. The first-order valence-electron chi connectivity index (χ1n) is 6.67. The number of rotatable bonds is 7. The molecule has 0 saturated carbocycles.